The first-order chi connectivity index (χ1) is 15.8. The molecule has 1 aliphatic rings. The molecule has 4 rings (SSSR count). The Morgan fingerprint density at radius 3 is 1.18 bits per heavy atom. The second-order valence-electron chi connectivity index (χ2n) is 9.11. The highest BCUT2D eigenvalue weighted by Crippen LogP contribution is 2.36. The summed E-state index contributed by atoms with van der Waals surface area (Å²) in [4.78, 5) is 0. The largest absolute Gasteiger partial charge is 0.507 e. The normalized spacial score (nSPS) is 15.0. The van der Waals surface area contributed by atoms with Crippen LogP contribution in [0, 0.1) is 20.8 Å². The molecule has 174 valence electrons. The van der Waals surface area contributed by atoms with Crippen molar-refractivity contribution in [3.05, 3.63) is 86.5 Å². The lowest BCUT2D eigenvalue weighted by Crippen LogP contribution is -2.00. The summed E-state index contributed by atoms with van der Waals surface area (Å²) in [6.07, 6.45) is 2.02. The minimum atomic E-state index is 0.246. The van der Waals surface area contributed by atoms with E-state index in [0.717, 1.165) is 79.5 Å². The third-order valence-corrected chi connectivity index (χ3v) is 8.28. The van der Waals surface area contributed by atoms with Crippen molar-refractivity contribution < 1.29 is 15.3 Å². The minimum Gasteiger partial charge on any atom is -0.507 e. The van der Waals surface area contributed by atoms with Gasteiger partial charge < -0.3 is 15.3 Å². The lowest BCUT2D eigenvalue weighted by molar-refractivity contribution is 0.454. The summed E-state index contributed by atoms with van der Waals surface area (Å²) in [5.74, 6) is 4.54. The molecule has 1 aliphatic heterocycles. The van der Waals surface area contributed by atoms with Crippen molar-refractivity contribution in [1.29, 1.82) is 0 Å². The molecule has 0 atom stereocenters. The van der Waals surface area contributed by atoms with Gasteiger partial charge in [-0.1, -0.05) is 53.1 Å². The lowest BCUT2D eigenvalue weighted by atomic mass is 9.92. The number of benzene rings is 3. The monoisotopic (exact) mass is 480 g/mol. The first kappa shape index (κ1) is 23.9. The third kappa shape index (κ3) is 5.64. The van der Waals surface area contributed by atoms with Crippen molar-refractivity contribution in [3.8, 4) is 17.2 Å². The molecule has 3 nitrogen and oxygen atoms in total. The molecule has 0 unspecified atom stereocenters. The van der Waals surface area contributed by atoms with Gasteiger partial charge in [0.2, 0.25) is 0 Å². The maximum absolute atomic E-state index is 11.2. The van der Waals surface area contributed by atoms with E-state index in [1.54, 1.807) is 0 Å². The van der Waals surface area contributed by atoms with Gasteiger partial charge in [-0.3, -0.25) is 0 Å². The summed E-state index contributed by atoms with van der Waals surface area (Å²) in [6.45, 7) is 6.13. The van der Waals surface area contributed by atoms with Crippen molar-refractivity contribution in [2.24, 2.45) is 0 Å². The number of thioether (sulfide) groups is 2. The Kier molecular flexibility index (Phi) is 7.50. The highest BCUT2D eigenvalue weighted by atomic mass is 32.2. The van der Waals surface area contributed by atoms with E-state index in [-0.39, 0.29) is 5.75 Å². The summed E-state index contributed by atoms with van der Waals surface area (Å²) in [6, 6.07) is 12.1. The molecule has 3 aromatic rings. The Morgan fingerprint density at radius 2 is 0.818 bits per heavy atom. The quantitative estimate of drug-likeness (QED) is 0.331. The number of phenolic OH excluding ortho intramolecular Hbond substituents is 3. The molecule has 0 fully saturated rings. The van der Waals surface area contributed by atoms with Crippen molar-refractivity contribution in [1.82, 2.24) is 0 Å². The Labute approximate surface area is 205 Å². The summed E-state index contributed by atoms with van der Waals surface area (Å²) in [5, 5.41) is 33.1. The Morgan fingerprint density at radius 1 is 0.515 bits per heavy atom. The van der Waals surface area contributed by atoms with Crippen LogP contribution in [0.5, 0.6) is 17.2 Å². The predicted octanol–water partition coefficient (Wildman–Crippen LogP) is 6.78. The first-order valence-electron chi connectivity index (χ1n) is 11.4. The van der Waals surface area contributed by atoms with Gasteiger partial charge in [0.1, 0.15) is 17.2 Å². The maximum atomic E-state index is 11.2. The summed E-state index contributed by atoms with van der Waals surface area (Å²) >= 11 is 3.68. The van der Waals surface area contributed by atoms with Crippen LogP contribution in [-0.4, -0.2) is 26.8 Å². The SMILES string of the molecule is Cc1cc2c(O)c(c1)Cc1cc(C)cc(c1O)Cc1cc(C)cc(c1O)CSCCCSC2. The molecule has 0 spiro atoms. The number of rotatable bonds is 0. The van der Waals surface area contributed by atoms with Crippen LogP contribution in [0.4, 0.5) is 0 Å². The van der Waals surface area contributed by atoms with E-state index in [1.807, 2.05) is 54.7 Å². The number of aromatic hydroxyl groups is 3. The van der Waals surface area contributed by atoms with Crippen LogP contribution in [-0.2, 0) is 24.3 Å². The molecule has 0 saturated heterocycles. The Hall–Kier alpha value is -2.24. The second-order valence-corrected chi connectivity index (χ2v) is 11.3. The van der Waals surface area contributed by atoms with Crippen LogP contribution in [0.3, 0.4) is 0 Å². The van der Waals surface area contributed by atoms with Crippen LogP contribution >= 0.6 is 23.5 Å². The molecule has 0 saturated carbocycles. The van der Waals surface area contributed by atoms with Gasteiger partial charge >= 0.3 is 0 Å². The smallest absolute Gasteiger partial charge is 0.123 e. The fraction of sp³-hybridized carbons (Fsp3) is 0.357. The number of fused-ring (bicyclic) bond motifs is 6. The van der Waals surface area contributed by atoms with Gasteiger partial charge in [-0.05, 0) is 61.0 Å². The Balaban J connectivity index is 1.79. The van der Waals surface area contributed by atoms with Gasteiger partial charge in [-0.15, -0.1) is 0 Å². The minimum absolute atomic E-state index is 0.246. The van der Waals surface area contributed by atoms with Gasteiger partial charge in [0.25, 0.3) is 0 Å². The summed E-state index contributed by atoms with van der Waals surface area (Å²) < 4.78 is 0. The molecule has 33 heavy (non-hydrogen) atoms. The molecule has 0 amide bonds. The summed E-state index contributed by atoms with van der Waals surface area (Å²) in [7, 11) is 0. The van der Waals surface area contributed by atoms with E-state index in [2.05, 4.69) is 26.0 Å². The lowest BCUT2D eigenvalue weighted by Gasteiger charge is -2.17. The standard InChI is InChI=1S/C28H32O3S2/c1-17-7-20-13-22-9-18(2)11-24(27(22)30)15-32-5-4-6-33-16-25-12-19(3)10-23(28(25)31)14-21(8-17)26(20)29/h7-12,29-31H,4-6,13-16H2,1-3H3. The fourth-order valence-electron chi connectivity index (χ4n) is 4.60. The van der Waals surface area contributed by atoms with E-state index in [0.29, 0.717) is 24.3 Å². The van der Waals surface area contributed by atoms with Crippen LogP contribution in [0.25, 0.3) is 0 Å². The molecule has 3 aromatic carbocycles. The molecule has 0 aromatic heterocycles. The van der Waals surface area contributed by atoms with Crippen molar-refractivity contribution in [2.75, 3.05) is 11.5 Å². The Bertz CT molecular complexity index is 1080. The molecule has 0 aliphatic carbocycles. The highest BCUT2D eigenvalue weighted by Gasteiger charge is 2.17. The zero-order valence-corrected chi connectivity index (χ0v) is 21.2. The van der Waals surface area contributed by atoms with Crippen LogP contribution in [0.2, 0.25) is 0 Å². The van der Waals surface area contributed by atoms with Crippen LogP contribution in [0.15, 0.2) is 36.4 Å². The van der Waals surface area contributed by atoms with E-state index in [9.17, 15) is 15.3 Å². The third-order valence-electron chi connectivity index (χ3n) is 6.09. The van der Waals surface area contributed by atoms with E-state index < -0.39 is 0 Å². The van der Waals surface area contributed by atoms with Gasteiger partial charge in [0.15, 0.2) is 0 Å². The second kappa shape index (κ2) is 10.4. The topological polar surface area (TPSA) is 60.7 Å². The van der Waals surface area contributed by atoms with E-state index in [1.165, 1.54) is 0 Å². The molecule has 6 bridgehead atoms. The van der Waals surface area contributed by atoms with Gasteiger partial charge in [0, 0.05) is 35.5 Å². The number of hydrogen-bond donors (Lipinski definition) is 3. The maximum Gasteiger partial charge on any atom is 0.123 e. The average molecular weight is 481 g/mol. The molecule has 0 radical (unpaired) electrons. The van der Waals surface area contributed by atoms with Crippen LogP contribution < -0.4 is 0 Å². The van der Waals surface area contributed by atoms with Crippen molar-refractivity contribution in [2.45, 2.75) is 51.5 Å². The summed E-state index contributed by atoms with van der Waals surface area (Å²) in [5.41, 5.74) is 8.50. The van der Waals surface area contributed by atoms with Gasteiger partial charge in [-0.25, -0.2) is 0 Å². The van der Waals surface area contributed by atoms with Gasteiger partial charge in [0.05, 0.1) is 0 Å². The fourth-order valence-corrected chi connectivity index (χ4v) is 6.65. The van der Waals surface area contributed by atoms with Crippen molar-refractivity contribution in [3.63, 3.8) is 0 Å². The first-order valence-corrected chi connectivity index (χ1v) is 13.7. The number of hydrogen-bond acceptors (Lipinski definition) is 5. The van der Waals surface area contributed by atoms with E-state index in [4.69, 9.17) is 0 Å². The number of phenols is 3. The highest BCUT2D eigenvalue weighted by molar-refractivity contribution is 7.99. The average Bonchev–Trinajstić information content (AvgIpc) is 2.75. The predicted molar refractivity (Wildman–Crippen MR) is 141 cm³/mol. The zero-order valence-electron chi connectivity index (χ0n) is 19.6. The zero-order chi connectivity index (χ0) is 23.5. The molecule has 3 N–H and O–H groups in total. The van der Waals surface area contributed by atoms with Gasteiger partial charge in [-0.2, -0.15) is 23.5 Å². The number of aryl methyl sites for hydroxylation is 3. The molecule has 5 heteroatoms. The van der Waals surface area contributed by atoms with E-state index >= 15 is 0 Å². The van der Waals surface area contributed by atoms with Crippen LogP contribution in [0.1, 0.15) is 56.5 Å². The molecular formula is C28H32O3S2. The molecular weight excluding hydrogens is 448 g/mol. The molecule has 1 heterocycles. The van der Waals surface area contributed by atoms with Crippen molar-refractivity contribution >= 4 is 23.5 Å².